The van der Waals surface area contributed by atoms with Crippen molar-refractivity contribution in [3.63, 3.8) is 0 Å². The molecule has 0 aliphatic carbocycles. The maximum absolute atomic E-state index is 11.5. The number of unbranched alkanes of at least 4 members (excludes halogenated alkanes) is 10. The summed E-state index contributed by atoms with van der Waals surface area (Å²) in [6.07, 6.45) is 13.6. The van der Waals surface area contributed by atoms with Gasteiger partial charge in [-0.3, -0.25) is 0 Å². The number of rotatable bonds is 16. The van der Waals surface area contributed by atoms with Gasteiger partial charge in [-0.1, -0.05) is 78.1 Å². The Morgan fingerprint density at radius 2 is 0.962 bits per heavy atom. The van der Waals surface area contributed by atoms with E-state index in [-0.39, 0.29) is 88.7 Å². The molecule has 26 heavy (non-hydrogen) atoms. The standard InChI is InChI=1S/C16H34O4PS2.3Na/c1-3-5-7-9-11-13-15-19-23(21(17,18)22)20-16-14-12-10-8-6-4-2;;;/h3-16H2,1-2H3;;;/q-3;3*+1. The molecule has 0 aromatic carbocycles. The summed E-state index contributed by atoms with van der Waals surface area (Å²) in [7, 11) is -1.54. The van der Waals surface area contributed by atoms with Gasteiger partial charge in [0.25, 0.3) is 0 Å². The Morgan fingerprint density at radius 3 is 1.27 bits per heavy atom. The molecule has 0 aromatic rings. The van der Waals surface area contributed by atoms with Gasteiger partial charge >= 0.3 is 88.7 Å². The van der Waals surface area contributed by atoms with Crippen molar-refractivity contribution in [2.24, 2.45) is 0 Å². The molecule has 0 saturated heterocycles. The van der Waals surface area contributed by atoms with E-state index in [1.165, 1.54) is 51.4 Å². The van der Waals surface area contributed by atoms with Crippen LogP contribution in [0.4, 0.5) is 0 Å². The van der Waals surface area contributed by atoms with Crippen LogP contribution >= 0.6 is 5.69 Å². The third-order valence-electron chi connectivity index (χ3n) is 3.55. The maximum atomic E-state index is 11.5. The molecule has 0 unspecified atom stereocenters. The van der Waals surface area contributed by atoms with Crippen LogP contribution in [0, 0.1) is 0 Å². The van der Waals surface area contributed by atoms with E-state index < -0.39 is 16.3 Å². The molecule has 0 amide bonds. The second-order valence-electron chi connectivity index (χ2n) is 5.84. The van der Waals surface area contributed by atoms with Crippen molar-refractivity contribution in [1.29, 1.82) is 0 Å². The van der Waals surface area contributed by atoms with E-state index in [1.807, 2.05) is 0 Å². The van der Waals surface area contributed by atoms with Gasteiger partial charge in [0.05, 0.1) is 13.2 Å². The Balaban J connectivity index is -0.000000807. The Hall–Kier alpha value is 3.97. The van der Waals surface area contributed by atoms with Crippen molar-refractivity contribution in [1.82, 2.24) is 0 Å². The summed E-state index contributed by atoms with van der Waals surface area (Å²) in [6, 6.07) is 0. The van der Waals surface area contributed by atoms with E-state index in [9.17, 15) is 9.79 Å². The first-order valence-electron chi connectivity index (χ1n) is 9.06. The van der Waals surface area contributed by atoms with Crippen molar-refractivity contribution in [2.45, 2.75) is 90.9 Å². The van der Waals surface area contributed by atoms with Gasteiger partial charge < -0.3 is 36.1 Å². The van der Waals surface area contributed by atoms with Crippen LogP contribution in [-0.4, -0.2) is 13.2 Å². The first-order chi connectivity index (χ1) is 11.0. The van der Waals surface area contributed by atoms with E-state index in [1.54, 1.807) is 0 Å². The number of hydrogen-bond acceptors (Lipinski definition) is 5. The largest absolute Gasteiger partial charge is 1.00 e. The fourth-order valence-electron chi connectivity index (χ4n) is 2.19. The smallest absolute Gasteiger partial charge is 0.851 e. The van der Waals surface area contributed by atoms with Gasteiger partial charge in [-0.2, -0.15) is 0 Å². The minimum atomic E-state index is -3.99. The number of hydrogen-bond donors (Lipinski definition) is 0. The van der Waals surface area contributed by atoms with E-state index >= 15 is 0 Å². The van der Waals surface area contributed by atoms with Crippen LogP contribution in [0.15, 0.2) is 0 Å². The molecule has 0 radical (unpaired) electrons. The van der Waals surface area contributed by atoms with Crippen LogP contribution in [0.3, 0.4) is 0 Å². The Morgan fingerprint density at radius 1 is 0.654 bits per heavy atom. The molecule has 142 valence electrons. The molecule has 0 aliphatic rings. The Kier molecular flexibility index (Phi) is 38.7. The van der Waals surface area contributed by atoms with Crippen LogP contribution in [0.5, 0.6) is 0 Å². The van der Waals surface area contributed by atoms with Crippen LogP contribution in [0.25, 0.3) is 0 Å². The van der Waals surface area contributed by atoms with Crippen molar-refractivity contribution < 1.29 is 107 Å². The van der Waals surface area contributed by atoms with Crippen molar-refractivity contribution in [2.75, 3.05) is 13.2 Å². The van der Waals surface area contributed by atoms with Gasteiger partial charge in [0.1, 0.15) is 0 Å². The maximum Gasteiger partial charge on any atom is 1.00 e. The molecule has 0 saturated carbocycles. The molecule has 10 heteroatoms. The summed E-state index contributed by atoms with van der Waals surface area (Å²) in [5, 5.41) is 0. The SMILES string of the molecule is CCCCCCCCOS(OCCCCCCCC)=P([O-])([O-])[S-].[Na+].[Na+].[Na+]. The van der Waals surface area contributed by atoms with Crippen LogP contribution in [0.2, 0.25) is 0 Å². The third-order valence-corrected chi connectivity index (χ3v) is 7.47. The summed E-state index contributed by atoms with van der Waals surface area (Å²) in [6.45, 7) is 5.19. The van der Waals surface area contributed by atoms with Crippen LogP contribution < -0.4 is 98.5 Å². The minimum Gasteiger partial charge on any atom is -0.851 e. The topological polar surface area (TPSA) is 64.6 Å². The van der Waals surface area contributed by atoms with Gasteiger partial charge in [0.15, 0.2) is 0 Å². The Bertz CT molecular complexity index is 306. The van der Waals surface area contributed by atoms with Crippen LogP contribution in [-0.2, 0) is 31.2 Å². The van der Waals surface area contributed by atoms with Gasteiger partial charge in [0.2, 0.25) is 0 Å². The molecule has 4 nitrogen and oxygen atoms in total. The van der Waals surface area contributed by atoms with Gasteiger partial charge in [-0.15, -0.1) is 0 Å². The molecular weight excluding hydrogens is 420 g/mol. The first-order valence-corrected chi connectivity index (χ1v) is 13.4. The van der Waals surface area contributed by atoms with E-state index in [4.69, 9.17) is 8.37 Å². The summed E-state index contributed by atoms with van der Waals surface area (Å²) < 4.78 is 10.8. The molecule has 0 aromatic heterocycles. The van der Waals surface area contributed by atoms with Gasteiger partial charge in [-0.05, 0) is 12.8 Å². The average Bonchev–Trinajstić information content (AvgIpc) is 2.50. The minimum absolute atomic E-state index is 0. The zero-order valence-corrected chi connectivity index (χ0v) is 26.3. The zero-order chi connectivity index (χ0) is 17.4. The molecule has 0 rings (SSSR count). The fourth-order valence-corrected chi connectivity index (χ4v) is 5.03. The fraction of sp³-hybridized carbons (Fsp3) is 1.00. The molecule has 0 heterocycles. The monoisotopic (exact) mass is 454 g/mol. The summed E-state index contributed by atoms with van der Waals surface area (Å²) in [5.41, 5.74) is -3.99. The van der Waals surface area contributed by atoms with E-state index in [2.05, 4.69) is 26.1 Å². The van der Waals surface area contributed by atoms with E-state index in [0.29, 0.717) is 13.2 Å². The second kappa shape index (κ2) is 27.0. The summed E-state index contributed by atoms with van der Waals surface area (Å²) in [4.78, 5) is 23.1. The first kappa shape index (κ1) is 37.3. The average molecular weight is 455 g/mol. The summed E-state index contributed by atoms with van der Waals surface area (Å²) >= 11 is 4.54. The molecule has 0 aliphatic heterocycles. The molecular formula is C16H34Na3O4PS2. The van der Waals surface area contributed by atoms with Crippen molar-refractivity contribution in [3.8, 4) is 0 Å². The van der Waals surface area contributed by atoms with Gasteiger partial charge in [-0.25, -0.2) is 0 Å². The molecule has 0 N–H and O–H groups in total. The summed E-state index contributed by atoms with van der Waals surface area (Å²) in [5.74, 6) is 0. The predicted octanol–water partition coefficient (Wildman–Crippen LogP) is -4.85. The van der Waals surface area contributed by atoms with Crippen molar-refractivity contribution >= 4 is 28.6 Å². The van der Waals surface area contributed by atoms with E-state index in [0.717, 1.165) is 25.7 Å². The second-order valence-corrected chi connectivity index (χ2v) is 12.1. The Labute approximate surface area is 236 Å². The van der Waals surface area contributed by atoms with Crippen LogP contribution in [0.1, 0.15) is 90.9 Å². The molecule has 0 bridgehead atoms. The van der Waals surface area contributed by atoms with Gasteiger partial charge in [0, 0.05) is 10.6 Å². The quantitative estimate of drug-likeness (QED) is 0.101. The molecule has 0 fully saturated rings. The third kappa shape index (κ3) is 26.0. The normalized spacial score (nSPS) is 10.8. The zero-order valence-electron chi connectivity index (χ0n) is 17.8. The predicted molar refractivity (Wildman–Crippen MR) is 100 cm³/mol. The molecule has 0 atom stereocenters. The molecule has 0 spiro atoms. The van der Waals surface area contributed by atoms with Crippen molar-refractivity contribution in [3.05, 3.63) is 0 Å².